The highest BCUT2D eigenvalue weighted by Gasteiger charge is 2.53. The second-order valence-electron chi connectivity index (χ2n) is 5.59. The molecule has 74 valence electrons. The Morgan fingerprint density at radius 2 is 1.31 bits per heavy atom. The average molecular weight is 178 g/mol. The van der Waals surface area contributed by atoms with E-state index < -0.39 is 0 Å². The summed E-state index contributed by atoms with van der Waals surface area (Å²) in [6, 6.07) is 0. The highest BCUT2D eigenvalue weighted by atomic mass is 14.6. The summed E-state index contributed by atoms with van der Waals surface area (Å²) < 4.78 is 0. The predicted octanol–water partition coefficient (Wildman–Crippen LogP) is 3.86. The first-order valence-corrected chi connectivity index (χ1v) is 6.42. The quantitative estimate of drug-likeness (QED) is 0.572. The van der Waals surface area contributed by atoms with Gasteiger partial charge in [-0.3, -0.25) is 0 Å². The molecule has 0 radical (unpaired) electrons. The average Bonchev–Trinajstić information content (AvgIpc) is 2.73. The van der Waals surface area contributed by atoms with E-state index in [2.05, 4.69) is 6.92 Å². The van der Waals surface area contributed by atoms with Crippen LogP contribution in [-0.2, 0) is 0 Å². The van der Waals surface area contributed by atoms with Gasteiger partial charge < -0.3 is 0 Å². The molecule has 0 saturated heterocycles. The Labute approximate surface area is 82.1 Å². The fourth-order valence-electron chi connectivity index (χ4n) is 5.05. The van der Waals surface area contributed by atoms with E-state index in [1.807, 2.05) is 0 Å². The van der Waals surface area contributed by atoms with Gasteiger partial charge in [0.05, 0.1) is 0 Å². The van der Waals surface area contributed by atoms with Crippen molar-refractivity contribution in [2.75, 3.05) is 0 Å². The number of fused-ring (bicyclic) bond motifs is 5. The molecular weight excluding hydrogens is 156 g/mol. The first-order valence-electron chi connectivity index (χ1n) is 6.42. The van der Waals surface area contributed by atoms with Gasteiger partial charge in [0.1, 0.15) is 0 Å². The summed E-state index contributed by atoms with van der Waals surface area (Å²) in [4.78, 5) is 0. The number of rotatable bonds is 1. The summed E-state index contributed by atoms with van der Waals surface area (Å²) in [5, 5.41) is 0. The highest BCUT2D eigenvalue weighted by Crippen LogP contribution is 2.61. The molecule has 13 heavy (non-hydrogen) atoms. The lowest BCUT2D eigenvalue weighted by Gasteiger charge is -2.34. The van der Waals surface area contributed by atoms with Crippen LogP contribution in [0.5, 0.6) is 0 Å². The molecule has 0 aromatic rings. The van der Waals surface area contributed by atoms with Crippen molar-refractivity contribution in [2.45, 2.75) is 51.9 Å². The zero-order valence-corrected chi connectivity index (χ0v) is 8.84. The molecule has 0 aliphatic heterocycles. The van der Waals surface area contributed by atoms with Gasteiger partial charge in [-0.05, 0) is 55.3 Å². The van der Waals surface area contributed by atoms with Gasteiger partial charge in [0.15, 0.2) is 0 Å². The van der Waals surface area contributed by atoms with Gasteiger partial charge in [0.2, 0.25) is 0 Å². The molecule has 3 aliphatic carbocycles. The molecular formula is C13H22. The fraction of sp³-hybridized carbons (Fsp3) is 1.00. The molecule has 0 heterocycles. The molecule has 4 atom stereocenters. The van der Waals surface area contributed by atoms with Crippen LogP contribution in [0.2, 0.25) is 0 Å². The fourth-order valence-corrected chi connectivity index (χ4v) is 5.05. The van der Waals surface area contributed by atoms with Gasteiger partial charge >= 0.3 is 0 Å². The Bertz CT molecular complexity index is 172. The second-order valence-corrected chi connectivity index (χ2v) is 5.59. The molecule has 0 N–H and O–H groups in total. The minimum absolute atomic E-state index is 1.15. The first-order chi connectivity index (χ1) is 6.42. The molecule has 0 aromatic carbocycles. The van der Waals surface area contributed by atoms with Crippen LogP contribution in [0.3, 0.4) is 0 Å². The Balaban J connectivity index is 1.85. The normalized spacial score (nSPS) is 53.8. The maximum atomic E-state index is 2.42. The van der Waals surface area contributed by atoms with Crippen LogP contribution in [0.25, 0.3) is 0 Å². The van der Waals surface area contributed by atoms with E-state index in [1.165, 1.54) is 30.1 Å². The lowest BCUT2D eigenvalue weighted by Crippen LogP contribution is -2.25. The molecule has 0 amide bonds. The lowest BCUT2D eigenvalue weighted by atomic mass is 9.71. The van der Waals surface area contributed by atoms with Crippen LogP contribution in [0.15, 0.2) is 0 Å². The Morgan fingerprint density at radius 3 is 1.77 bits per heavy atom. The molecule has 0 spiro atoms. The van der Waals surface area contributed by atoms with Crippen LogP contribution >= 0.6 is 0 Å². The van der Waals surface area contributed by atoms with Gasteiger partial charge in [-0.15, -0.1) is 0 Å². The molecule has 0 heteroatoms. The zero-order valence-electron chi connectivity index (χ0n) is 8.84. The second kappa shape index (κ2) is 3.00. The van der Waals surface area contributed by atoms with E-state index in [-0.39, 0.29) is 0 Å². The van der Waals surface area contributed by atoms with Crippen molar-refractivity contribution < 1.29 is 0 Å². The van der Waals surface area contributed by atoms with E-state index in [4.69, 9.17) is 0 Å². The van der Waals surface area contributed by atoms with E-state index in [0.29, 0.717) is 0 Å². The van der Waals surface area contributed by atoms with Crippen LogP contribution in [0.4, 0.5) is 0 Å². The minimum Gasteiger partial charge on any atom is -0.0651 e. The lowest BCUT2D eigenvalue weighted by molar-refractivity contribution is 0.158. The molecule has 4 unspecified atom stereocenters. The molecule has 3 fully saturated rings. The standard InChI is InChI=1S/C13H22/c1-2-9-12-7-8-13(9)11-6-4-3-5-10(11)12/h9-13H,2-8H2,1H3. The van der Waals surface area contributed by atoms with Gasteiger partial charge in [-0.25, -0.2) is 0 Å². The van der Waals surface area contributed by atoms with Gasteiger partial charge in [-0.2, -0.15) is 0 Å². The smallest absolute Gasteiger partial charge is 0.0352 e. The Kier molecular flexibility index (Phi) is 1.92. The molecule has 0 aromatic heterocycles. The Hall–Kier alpha value is 0. The minimum atomic E-state index is 1.15. The van der Waals surface area contributed by atoms with Crippen molar-refractivity contribution in [3.63, 3.8) is 0 Å². The van der Waals surface area contributed by atoms with E-state index in [1.54, 1.807) is 38.5 Å². The summed E-state index contributed by atoms with van der Waals surface area (Å²) in [6.07, 6.45) is 10.9. The summed E-state index contributed by atoms with van der Waals surface area (Å²) in [7, 11) is 0. The topological polar surface area (TPSA) is 0 Å². The highest BCUT2D eigenvalue weighted by molar-refractivity contribution is 5.02. The van der Waals surface area contributed by atoms with Gasteiger partial charge in [0, 0.05) is 0 Å². The van der Waals surface area contributed by atoms with Crippen molar-refractivity contribution in [1.82, 2.24) is 0 Å². The third kappa shape index (κ3) is 1.04. The van der Waals surface area contributed by atoms with Crippen molar-refractivity contribution in [3.8, 4) is 0 Å². The SMILES string of the molecule is CCC1C2CCC1C1CCCCC21. The molecule has 3 rings (SSSR count). The molecule has 0 nitrogen and oxygen atoms in total. The summed E-state index contributed by atoms with van der Waals surface area (Å²) >= 11 is 0. The maximum absolute atomic E-state index is 2.42. The van der Waals surface area contributed by atoms with Gasteiger partial charge in [0.25, 0.3) is 0 Å². The van der Waals surface area contributed by atoms with Crippen molar-refractivity contribution in [3.05, 3.63) is 0 Å². The van der Waals surface area contributed by atoms with E-state index in [9.17, 15) is 0 Å². The third-order valence-electron chi connectivity index (χ3n) is 5.38. The largest absolute Gasteiger partial charge is 0.0651 e. The summed E-state index contributed by atoms with van der Waals surface area (Å²) in [5.74, 6) is 5.84. The van der Waals surface area contributed by atoms with Crippen molar-refractivity contribution in [2.24, 2.45) is 29.6 Å². The third-order valence-corrected chi connectivity index (χ3v) is 5.38. The first kappa shape index (κ1) is 8.32. The molecule has 2 bridgehead atoms. The number of hydrogen-bond donors (Lipinski definition) is 0. The van der Waals surface area contributed by atoms with Crippen molar-refractivity contribution >= 4 is 0 Å². The summed E-state index contributed by atoms with van der Waals surface area (Å²) in [6.45, 7) is 2.42. The van der Waals surface area contributed by atoms with Gasteiger partial charge in [-0.1, -0.05) is 26.2 Å². The molecule has 3 saturated carbocycles. The molecule has 3 aliphatic rings. The Morgan fingerprint density at radius 1 is 0.769 bits per heavy atom. The zero-order chi connectivity index (χ0) is 8.84. The monoisotopic (exact) mass is 178 g/mol. The predicted molar refractivity (Wildman–Crippen MR) is 55.4 cm³/mol. The van der Waals surface area contributed by atoms with E-state index in [0.717, 1.165) is 5.92 Å². The van der Waals surface area contributed by atoms with Crippen LogP contribution in [0.1, 0.15) is 51.9 Å². The van der Waals surface area contributed by atoms with Crippen molar-refractivity contribution in [1.29, 1.82) is 0 Å². The van der Waals surface area contributed by atoms with Crippen LogP contribution in [-0.4, -0.2) is 0 Å². The summed E-state index contributed by atoms with van der Waals surface area (Å²) in [5.41, 5.74) is 0. The van der Waals surface area contributed by atoms with E-state index >= 15 is 0 Å². The van der Waals surface area contributed by atoms with Crippen LogP contribution < -0.4 is 0 Å². The van der Waals surface area contributed by atoms with Crippen LogP contribution in [0, 0.1) is 29.6 Å². The number of hydrogen-bond acceptors (Lipinski definition) is 0. The maximum Gasteiger partial charge on any atom is -0.0352 e.